The van der Waals surface area contributed by atoms with Crippen LogP contribution in [0.4, 0.5) is 8.78 Å². The van der Waals surface area contributed by atoms with E-state index in [2.05, 4.69) is 4.74 Å². The number of halogens is 2. The van der Waals surface area contributed by atoms with Crippen molar-refractivity contribution in [2.75, 3.05) is 6.61 Å². The van der Waals surface area contributed by atoms with Crippen LogP contribution in [-0.2, 0) is 9.53 Å². The van der Waals surface area contributed by atoms with Crippen molar-refractivity contribution in [2.24, 2.45) is 11.1 Å². The van der Waals surface area contributed by atoms with Gasteiger partial charge in [-0.2, -0.15) is 14.0 Å². The zero-order chi connectivity index (χ0) is 21.3. The van der Waals surface area contributed by atoms with Crippen LogP contribution in [0.2, 0.25) is 0 Å². The van der Waals surface area contributed by atoms with Gasteiger partial charge in [-0.15, -0.1) is 0 Å². The highest BCUT2D eigenvalue weighted by Gasteiger charge is 2.43. The maximum Gasteiger partial charge on any atom is 0.387 e. The Hall–Kier alpha value is -3.08. The number of ketones is 1. The van der Waals surface area contributed by atoms with Crippen molar-refractivity contribution in [1.29, 1.82) is 5.26 Å². The van der Waals surface area contributed by atoms with Crippen molar-refractivity contribution in [3.63, 3.8) is 0 Å². The second kappa shape index (κ2) is 7.74. The fraction of sp³-hybridized carbons (Fsp3) is 0.429. The molecule has 1 atom stereocenters. The summed E-state index contributed by atoms with van der Waals surface area (Å²) in [5.41, 5.74) is 6.68. The summed E-state index contributed by atoms with van der Waals surface area (Å²) in [6.07, 6.45) is 0.796. The molecule has 1 heterocycles. The molecule has 0 saturated carbocycles. The molecular formula is C21H22F2N2O4. The second-order valence-corrected chi connectivity index (χ2v) is 7.72. The smallest absolute Gasteiger partial charge is 0.387 e. The third-order valence-electron chi connectivity index (χ3n) is 4.89. The van der Waals surface area contributed by atoms with E-state index >= 15 is 0 Å². The minimum absolute atomic E-state index is 0.0624. The average Bonchev–Trinajstić information content (AvgIpc) is 2.60. The summed E-state index contributed by atoms with van der Waals surface area (Å²) in [7, 11) is 0. The first kappa shape index (κ1) is 20.6. The number of nitrogens with zero attached hydrogens (tertiary/aromatic N) is 1. The molecule has 0 aromatic heterocycles. The lowest BCUT2D eigenvalue weighted by molar-refractivity contribution is -0.119. The number of ether oxygens (including phenoxy) is 3. The molecule has 0 bridgehead atoms. The molecule has 2 aliphatic rings. The molecule has 0 fully saturated rings. The molecule has 6 nitrogen and oxygen atoms in total. The topological polar surface area (TPSA) is 94.6 Å². The molecule has 8 heteroatoms. The van der Waals surface area contributed by atoms with E-state index in [1.165, 1.54) is 18.2 Å². The number of Topliss-reactive ketones (excluding diaryl/α,β-unsaturated/α-hetero) is 1. The number of alkyl halides is 2. The molecule has 1 unspecified atom stereocenters. The van der Waals surface area contributed by atoms with Crippen LogP contribution in [-0.4, -0.2) is 19.0 Å². The van der Waals surface area contributed by atoms with Gasteiger partial charge in [-0.3, -0.25) is 4.79 Å². The van der Waals surface area contributed by atoms with Crippen molar-refractivity contribution in [3.8, 4) is 17.6 Å². The summed E-state index contributed by atoms with van der Waals surface area (Å²) in [6.45, 7) is 2.83. The Labute approximate surface area is 167 Å². The van der Waals surface area contributed by atoms with E-state index in [1.807, 2.05) is 19.9 Å². The Morgan fingerprint density at radius 2 is 2.07 bits per heavy atom. The van der Waals surface area contributed by atoms with Gasteiger partial charge >= 0.3 is 6.61 Å². The standard InChI is InChI=1S/C21H22F2N2O4/c1-4-27-15-7-11(5-6-14(15)29-20(22)23)17-12(10-24)19(25)28-16-9-21(2,3)8-13(26)18(16)17/h5-7,17,20H,4,8-9,25H2,1-3H3. The number of hydrogen-bond acceptors (Lipinski definition) is 6. The van der Waals surface area contributed by atoms with E-state index in [-0.39, 0.29) is 40.8 Å². The van der Waals surface area contributed by atoms with Gasteiger partial charge in [-0.1, -0.05) is 19.9 Å². The minimum atomic E-state index is -3.01. The van der Waals surface area contributed by atoms with Crippen molar-refractivity contribution >= 4 is 5.78 Å². The molecule has 1 aromatic rings. The zero-order valence-corrected chi connectivity index (χ0v) is 16.4. The van der Waals surface area contributed by atoms with Crippen LogP contribution in [0.3, 0.4) is 0 Å². The lowest BCUT2D eigenvalue weighted by atomic mass is 9.70. The van der Waals surface area contributed by atoms with E-state index < -0.39 is 12.5 Å². The van der Waals surface area contributed by atoms with Crippen LogP contribution >= 0.6 is 0 Å². The van der Waals surface area contributed by atoms with Crippen LogP contribution in [0.25, 0.3) is 0 Å². The molecule has 1 aromatic carbocycles. The van der Waals surface area contributed by atoms with Crippen LogP contribution in [0.5, 0.6) is 11.5 Å². The molecule has 0 spiro atoms. The maximum atomic E-state index is 13.0. The van der Waals surface area contributed by atoms with Crippen molar-refractivity contribution in [1.82, 2.24) is 0 Å². The number of carbonyl (C=O) groups is 1. The number of benzene rings is 1. The molecule has 154 valence electrons. The highest BCUT2D eigenvalue weighted by molar-refractivity contribution is 6.00. The van der Waals surface area contributed by atoms with Gasteiger partial charge in [0.2, 0.25) is 5.88 Å². The first-order chi connectivity index (χ1) is 13.7. The second-order valence-electron chi connectivity index (χ2n) is 7.72. The van der Waals surface area contributed by atoms with Gasteiger partial charge in [0.05, 0.1) is 12.5 Å². The largest absolute Gasteiger partial charge is 0.490 e. The third-order valence-corrected chi connectivity index (χ3v) is 4.89. The summed E-state index contributed by atoms with van der Waals surface area (Å²) in [4.78, 5) is 13.0. The molecule has 0 radical (unpaired) electrons. The third kappa shape index (κ3) is 4.04. The predicted octanol–water partition coefficient (Wildman–Crippen LogP) is 4.14. The molecule has 1 aliphatic carbocycles. The van der Waals surface area contributed by atoms with Gasteiger partial charge in [0.25, 0.3) is 0 Å². The quantitative estimate of drug-likeness (QED) is 0.793. The first-order valence-electron chi connectivity index (χ1n) is 9.22. The van der Waals surface area contributed by atoms with Gasteiger partial charge < -0.3 is 19.9 Å². The SMILES string of the molecule is CCOc1cc(C2C(C#N)=C(N)OC3=C2C(=O)CC(C)(C)C3)ccc1OC(F)F. The van der Waals surface area contributed by atoms with E-state index in [9.17, 15) is 18.8 Å². The number of carbonyl (C=O) groups excluding carboxylic acids is 1. The van der Waals surface area contributed by atoms with E-state index in [4.69, 9.17) is 15.2 Å². The Balaban J connectivity index is 2.14. The number of hydrogen-bond donors (Lipinski definition) is 1. The maximum absolute atomic E-state index is 13.0. The number of nitriles is 1. The van der Waals surface area contributed by atoms with Gasteiger partial charge in [-0.25, -0.2) is 0 Å². The number of rotatable bonds is 5. The molecule has 0 amide bonds. The molecule has 1 aliphatic heterocycles. The van der Waals surface area contributed by atoms with E-state index in [1.54, 1.807) is 6.92 Å². The molecule has 29 heavy (non-hydrogen) atoms. The van der Waals surface area contributed by atoms with Crippen LogP contribution in [0.15, 0.2) is 41.0 Å². The van der Waals surface area contributed by atoms with Crippen molar-refractivity contribution < 1.29 is 27.8 Å². The Morgan fingerprint density at radius 1 is 1.34 bits per heavy atom. The molecular weight excluding hydrogens is 382 g/mol. The molecule has 3 rings (SSSR count). The van der Waals surface area contributed by atoms with Gasteiger partial charge in [0, 0.05) is 18.4 Å². The van der Waals surface area contributed by atoms with E-state index in [0.29, 0.717) is 29.7 Å². The average molecular weight is 404 g/mol. The van der Waals surface area contributed by atoms with Gasteiger partial charge in [0.1, 0.15) is 17.4 Å². The van der Waals surface area contributed by atoms with Crippen LogP contribution in [0.1, 0.15) is 45.1 Å². The first-order valence-corrected chi connectivity index (χ1v) is 9.22. The van der Waals surface area contributed by atoms with Crippen molar-refractivity contribution in [2.45, 2.75) is 46.1 Å². The summed E-state index contributed by atoms with van der Waals surface area (Å²) >= 11 is 0. The fourth-order valence-electron chi connectivity index (χ4n) is 3.78. The minimum Gasteiger partial charge on any atom is -0.490 e. The van der Waals surface area contributed by atoms with Crippen molar-refractivity contribution in [3.05, 3.63) is 46.6 Å². The summed E-state index contributed by atoms with van der Waals surface area (Å²) in [5, 5.41) is 9.66. The van der Waals surface area contributed by atoms with Crippen LogP contribution in [0, 0.1) is 16.7 Å². The van der Waals surface area contributed by atoms with Gasteiger partial charge in [-0.05, 0) is 30.0 Å². The van der Waals surface area contributed by atoms with Gasteiger partial charge in [0.15, 0.2) is 17.3 Å². The van der Waals surface area contributed by atoms with Crippen LogP contribution < -0.4 is 15.2 Å². The Bertz CT molecular complexity index is 944. The molecule has 0 saturated heterocycles. The lowest BCUT2D eigenvalue weighted by Crippen LogP contribution is -2.33. The Morgan fingerprint density at radius 3 is 2.69 bits per heavy atom. The van der Waals surface area contributed by atoms with E-state index in [0.717, 1.165) is 0 Å². The summed E-state index contributed by atoms with van der Waals surface area (Å²) in [5.74, 6) is -0.539. The Kier molecular flexibility index (Phi) is 5.51. The fourth-order valence-corrected chi connectivity index (χ4v) is 3.78. The highest BCUT2D eigenvalue weighted by Crippen LogP contribution is 2.48. The predicted molar refractivity (Wildman–Crippen MR) is 99.9 cm³/mol. The number of nitrogens with two attached hydrogens (primary N) is 1. The molecule has 2 N–H and O–H groups in total. The zero-order valence-electron chi connectivity index (χ0n) is 16.4. The monoisotopic (exact) mass is 404 g/mol. The highest BCUT2D eigenvalue weighted by atomic mass is 19.3. The number of allylic oxidation sites excluding steroid dienone is 3. The summed E-state index contributed by atoms with van der Waals surface area (Å²) < 4.78 is 41.0. The lowest BCUT2D eigenvalue weighted by Gasteiger charge is -2.37. The normalized spacial score (nSPS) is 20.9. The summed E-state index contributed by atoms with van der Waals surface area (Å²) in [6, 6.07) is 6.39.